The predicted octanol–water partition coefficient (Wildman–Crippen LogP) is 2.93. The average Bonchev–Trinajstić information content (AvgIpc) is 3.17. The summed E-state index contributed by atoms with van der Waals surface area (Å²) >= 11 is 0. The van der Waals surface area contributed by atoms with Gasteiger partial charge < -0.3 is 15.5 Å². The van der Waals surface area contributed by atoms with Crippen molar-refractivity contribution in [1.29, 1.82) is 0 Å². The second kappa shape index (κ2) is 8.54. The summed E-state index contributed by atoms with van der Waals surface area (Å²) in [5.41, 5.74) is 2.37. The highest BCUT2D eigenvalue weighted by Gasteiger charge is 2.30. The number of carbonyl (C=O) groups is 1. The summed E-state index contributed by atoms with van der Waals surface area (Å²) in [5, 5.41) is 6.65. The summed E-state index contributed by atoms with van der Waals surface area (Å²) in [4.78, 5) is 28.4. The van der Waals surface area contributed by atoms with E-state index < -0.39 is 0 Å². The van der Waals surface area contributed by atoms with E-state index in [2.05, 4.69) is 30.5 Å². The number of hydrogen-bond acceptors (Lipinski definition) is 6. The van der Waals surface area contributed by atoms with E-state index in [0.29, 0.717) is 5.69 Å². The molecule has 2 aliphatic rings. The van der Waals surface area contributed by atoms with Crippen LogP contribution in [0.4, 0.5) is 11.5 Å². The minimum absolute atomic E-state index is 0.0619. The first kappa shape index (κ1) is 18.7. The number of hydrogen-bond donors (Lipinski definition) is 2. The van der Waals surface area contributed by atoms with E-state index in [9.17, 15) is 4.79 Å². The molecular formula is C21H28N6O. The molecule has 148 valence electrons. The second-order valence-electron chi connectivity index (χ2n) is 7.72. The number of rotatable bonds is 5. The minimum atomic E-state index is -0.0881. The largest absolute Gasteiger partial charge is 0.370 e. The van der Waals surface area contributed by atoms with Gasteiger partial charge >= 0.3 is 0 Å². The van der Waals surface area contributed by atoms with Crippen LogP contribution in [0, 0.1) is 6.92 Å². The Kier molecular flexibility index (Phi) is 5.69. The number of carbonyl (C=O) groups excluding carboxylic acids is 1. The smallest absolute Gasteiger partial charge is 0.272 e. The van der Waals surface area contributed by atoms with Crippen molar-refractivity contribution in [3.63, 3.8) is 0 Å². The highest BCUT2D eigenvalue weighted by molar-refractivity contribution is 5.98. The molecule has 7 heteroatoms. The van der Waals surface area contributed by atoms with Gasteiger partial charge in [-0.15, -0.1) is 0 Å². The number of nitrogens with one attached hydrogen (secondary N) is 2. The number of anilines is 2. The van der Waals surface area contributed by atoms with Crippen molar-refractivity contribution in [3.05, 3.63) is 42.1 Å². The molecule has 2 N–H and O–H groups in total. The maximum absolute atomic E-state index is 13.1. The highest BCUT2D eigenvalue weighted by atomic mass is 16.2. The van der Waals surface area contributed by atoms with Crippen LogP contribution >= 0.6 is 0 Å². The lowest BCUT2D eigenvalue weighted by Gasteiger charge is -2.30. The van der Waals surface area contributed by atoms with Gasteiger partial charge in [0.05, 0.1) is 23.8 Å². The molecule has 2 aromatic heterocycles. The molecule has 0 unspecified atom stereocenters. The summed E-state index contributed by atoms with van der Waals surface area (Å²) < 4.78 is 0. The van der Waals surface area contributed by atoms with Crippen molar-refractivity contribution < 1.29 is 4.79 Å². The summed E-state index contributed by atoms with van der Waals surface area (Å²) in [6.07, 6.45) is 11.8. The van der Waals surface area contributed by atoms with Crippen molar-refractivity contribution >= 4 is 17.4 Å². The average molecular weight is 380 g/mol. The molecule has 2 atom stereocenters. The molecule has 1 amide bonds. The molecule has 28 heavy (non-hydrogen) atoms. The topological polar surface area (TPSA) is 83.0 Å². The normalized spacial score (nSPS) is 22.1. The third-order valence-corrected chi connectivity index (χ3v) is 5.64. The van der Waals surface area contributed by atoms with Gasteiger partial charge in [0.15, 0.2) is 5.69 Å². The fraction of sp³-hybridized carbons (Fsp3) is 0.524. The van der Waals surface area contributed by atoms with Crippen molar-refractivity contribution in [2.75, 3.05) is 23.3 Å². The summed E-state index contributed by atoms with van der Waals surface area (Å²) in [6, 6.07) is 4.14. The highest BCUT2D eigenvalue weighted by Crippen LogP contribution is 2.25. The van der Waals surface area contributed by atoms with Gasteiger partial charge in [0.25, 0.3) is 5.91 Å². The van der Waals surface area contributed by atoms with Gasteiger partial charge in [0.1, 0.15) is 5.82 Å². The van der Waals surface area contributed by atoms with Gasteiger partial charge in [-0.1, -0.05) is 0 Å². The first-order valence-electron chi connectivity index (χ1n) is 10.3. The number of aryl methyl sites for hydroxylation is 1. The Labute approximate surface area is 166 Å². The monoisotopic (exact) mass is 380 g/mol. The SMILES string of the molecule is Cc1cnc(N[C@H]2CCC[C@@H]2NC(=O)c2ncccc2N2CCCCC2)cn1. The van der Waals surface area contributed by atoms with Crippen LogP contribution in [0.1, 0.15) is 54.7 Å². The lowest BCUT2D eigenvalue weighted by Crippen LogP contribution is -2.44. The molecule has 1 saturated carbocycles. The molecule has 4 rings (SSSR count). The third kappa shape index (κ3) is 4.24. The Bertz CT molecular complexity index is 803. The van der Waals surface area contributed by atoms with Crippen LogP contribution in [0.25, 0.3) is 0 Å². The fourth-order valence-corrected chi connectivity index (χ4v) is 4.16. The van der Waals surface area contributed by atoms with E-state index in [1.54, 1.807) is 18.6 Å². The van der Waals surface area contributed by atoms with Gasteiger partial charge in [-0.3, -0.25) is 9.78 Å². The molecule has 1 saturated heterocycles. The molecule has 2 aromatic rings. The first-order valence-corrected chi connectivity index (χ1v) is 10.3. The van der Waals surface area contributed by atoms with Gasteiger partial charge in [-0.2, -0.15) is 0 Å². The van der Waals surface area contributed by atoms with Crippen LogP contribution in [-0.2, 0) is 0 Å². The van der Waals surface area contributed by atoms with Gasteiger partial charge in [0, 0.05) is 31.4 Å². The zero-order valence-corrected chi connectivity index (χ0v) is 16.4. The van der Waals surface area contributed by atoms with Crippen LogP contribution in [0.15, 0.2) is 30.7 Å². The Morgan fingerprint density at radius 3 is 2.64 bits per heavy atom. The van der Waals surface area contributed by atoms with Gasteiger partial charge in [-0.05, 0) is 57.6 Å². The van der Waals surface area contributed by atoms with Crippen LogP contribution in [0.5, 0.6) is 0 Å². The van der Waals surface area contributed by atoms with E-state index >= 15 is 0 Å². The van der Waals surface area contributed by atoms with Crippen LogP contribution in [-0.4, -0.2) is 46.0 Å². The molecular weight excluding hydrogens is 352 g/mol. The number of aromatic nitrogens is 3. The standard InChI is InChI=1S/C21H28N6O/c1-15-13-24-19(14-23-15)25-16-7-5-8-17(16)26-21(28)20-18(9-6-10-22-20)27-11-3-2-4-12-27/h6,9-10,13-14,16-17H,2-5,7-8,11-12H2,1H3,(H,24,25)(H,26,28)/t16-,17-/m0/s1. The Morgan fingerprint density at radius 2 is 1.86 bits per heavy atom. The van der Waals surface area contributed by atoms with Crippen LogP contribution in [0.2, 0.25) is 0 Å². The molecule has 0 radical (unpaired) electrons. The Balaban J connectivity index is 1.45. The van der Waals surface area contributed by atoms with E-state index in [1.807, 2.05) is 19.1 Å². The van der Waals surface area contributed by atoms with Gasteiger partial charge in [0.2, 0.25) is 0 Å². The lowest BCUT2D eigenvalue weighted by atomic mass is 10.1. The predicted molar refractivity (Wildman–Crippen MR) is 110 cm³/mol. The van der Waals surface area contributed by atoms with Crippen molar-refractivity contribution in [2.45, 2.75) is 57.5 Å². The van der Waals surface area contributed by atoms with E-state index in [1.165, 1.54) is 19.3 Å². The summed E-state index contributed by atoms with van der Waals surface area (Å²) in [6.45, 7) is 3.90. The van der Waals surface area contributed by atoms with E-state index in [4.69, 9.17) is 0 Å². The lowest BCUT2D eigenvalue weighted by molar-refractivity contribution is 0.0931. The minimum Gasteiger partial charge on any atom is -0.370 e. The quantitative estimate of drug-likeness (QED) is 0.830. The van der Waals surface area contributed by atoms with Crippen molar-refractivity contribution in [3.8, 4) is 0 Å². The maximum atomic E-state index is 13.1. The van der Waals surface area contributed by atoms with E-state index in [-0.39, 0.29) is 18.0 Å². The molecule has 7 nitrogen and oxygen atoms in total. The molecule has 1 aliphatic heterocycles. The number of nitrogens with zero attached hydrogens (tertiary/aromatic N) is 4. The Morgan fingerprint density at radius 1 is 1.04 bits per heavy atom. The summed E-state index contributed by atoms with van der Waals surface area (Å²) in [7, 11) is 0. The molecule has 0 spiro atoms. The summed E-state index contributed by atoms with van der Waals surface area (Å²) in [5.74, 6) is 0.665. The molecule has 3 heterocycles. The molecule has 0 bridgehead atoms. The van der Waals surface area contributed by atoms with Crippen LogP contribution in [0.3, 0.4) is 0 Å². The Hall–Kier alpha value is -2.70. The molecule has 1 aliphatic carbocycles. The zero-order chi connectivity index (χ0) is 19.3. The third-order valence-electron chi connectivity index (χ3n) is 5.64. The maximum Gasteiger partial charge on any atom is 0.272 e. The van der Waals surface area contributed by atoms with Gasteiger partial charge in [-0.25, -0.2) is 9.97 Å². The van der Waals surface area contributed by atoms with Crippen molar-refractivity contribution in [1.82, 2.24) is 20.3 Å². The molecule has 0 aromatic carbocycles. The van der Waals surface area contributed by atoms with Crippen molar-refractivity contribution in [2.24, 2.45) is 0 Å². The fourth-order valence-electron chi connectivity index (χ4n) is 4.16. The number of piperidine rings is 1. The van der Waals surface area contributed by atoms with Crippen LogP contribution < -0.4 is 15.5 Å². The second-order valence-corrected chi connectivity index (χ2v) is 7.72. The number of pyridine rings is 1. The first-order chi connectivity index (χ1) is 13.7. The van der Waals surface area contributed by atoms with E-state index in [0.717, 1.165) is 49.6 Å². The zero-order valence-electron chi connectivity index (χ0n) is 16.4. The number of amides is 1. The molecule has 2 fully saturated rings.